The first-order valence-corrected chi connectivity index (χ1v) is 9.25. The molecule has 0 saturated heterocycles. The van der Waals surface area contributed by atoms with Gasteiger partial charge in [0.1, 0.15) is 6.61 Å². The summed E-state index contributed by atoms with van der Waals surface area (Å²) < 4.78 is 6.38. The second-order valence-corrected chi connectivity index (χ2v) is 8.21. The summed E-state index contributed by atoms with van der Waals surface area (Å²) in [6.45, 7) is 1.19. The van der Waals surface area contributed by atoms with Crippen LogP contribution in [-0.2, 0) is 17.9 Å². The largest absolute Gasteiger partial charge is 0.445 e. The average Bonchev–Trinajstić information content (AvgIpc) is 2.94. The van der Waals surface area contributed by atoms with Crippen LogP contribution in [0.25, 0.3) is 0 Å². The Morgan fingerprint density at radius 2 is 1.96 bits per heavy atom. The van der Waals surface area contributed by atoms with E-state index < -0.39 is 0 Å². The van der Waals surface area contributed by atoms with Crippen LogP contribution in [0.5, 0.6) is 0 Å². The Morgan fingerprint density at radius 1 is 1.17 bits per heavy atom. The maximum absolute atomic E-state index is 11.8. The first-order valence-electron chi connectivity index (χ1n) is 7.64. The molecule has 4 nitrogen and oxygen atoms in total. The highest BCUT2D eigenvalue weighted by Crippen LogP contribution is 2.24. The number of alkyl carbamates (subject to hydrolysis) is 1. The lowest BCUT2D eigenvalue weighted by Gasteiger charge is -2.36. The van der Waals surface area contributed by atoms with Gasteiger partial charge in [0.25, 0.3) is 0 Å². The number of benzene rings is 1. The van der Waals surface area contributed by atoms with E-state index in [-0.39, 0.29) is 12.1 Å². The van der Waals surface area contributed by atoms with E-state index in [2.05, 4.69) is 38.7 Å². The van der Waals surface area contributed by atoms with E-state index in [4.69, 9.17) is 4.74 Å². The molecular weight excluding hydrogens is 376 g/mol. The molecule has 1 saturated carbocycles. The first-order chi connectivity index (χ1) is 11.2. The average molecular weight is 395 g/mol. The van der Waals surface area contributed by atoms with Gasteiger partial charge in [-0.25, -0.2) is 4.79 Å². The minimum absolute atomic E-state index is 0.214. The van der Waals surface area contributed by atoms with Crippen molar-refractivity contribution in [2.75, 3.05) is 0 Å². The predicted molar refractivity (Wildman–Crippen MR) is 95.4 cm³/mol. The van der Waals surface area contributed by atoms with Crippen molar-refractivity contribution in [1.29, 1.82) is 0 Å². The highest BCUT2D eigenvalue weighted by atomic mass is 79.9. The quantitative estimate of drug-likeness (QED) is 0.776. The zero-order chi connectivity index (χ0) is 16.1. The number of thiophene rings is 1. The standard InChI is InChI=1S/C17H19BrN2O2S/c18-16-7-6-15(23-16)10-19-13-8-14(9-13)20-17(21)22-11-12-4-2-1-3-5-12/h1-7,13-14,19H,8-11H2,(H,20,21). The summed E-state index contributed by atoms with van der Waals surface area (Å²) in [4.78, 5) is 13.1. The van der Waals surface area contributed by atoms with Crippen molar-refractivity contribution in [2.45, 2.75) is 38.1 Å². The van der Waals surface area contributed by atoms with E-state index in [9.17, 15) is 4.79 Å². The molecule has 1 aromatic carbocycles. The van der Waals surface area contributed by atoms with E-state index >= 15 is 0 Å². The lowest BCUT2D eigenvalue weighted by Crippen LogP contribution is -2.52. The second-order valence-electron chi connectivity index (χ2n) is 5.66. The van der Waals surface area contributed by atoms with Crippen LogP contribution in [0.4, 0.5) is 4.79 Å². The molecule has 0 atom stereocenters. The van der Waals surface area contributed by atoms with Gasteiger partial charge in [0.05, 0.1) is 3.79 Å². The Hall–Kier alpha value is -1.37. The predicted octanol–water partition coefficient (Wildman–Crippen LogP) is 4.06. The zero-order valence-electron chi connectivity index (χ0n) is 12.6. The minimum atomic E-state index is -0.334. The van der Waals surface area contributed by atoms with Crippen molar-refractivity contribution in [1.82, 2.24) is 10.6 Å². The van der Waals surface area contributed by atoms with Gasteiger partial charge >= 0.3 is 6.09 Å². The van der Waals surface area contributed by atoms with Gasteiger partial charge in [-0.3, -0.25) is 0 Å². The number of amides is 1. The third kappa shape index (κ3) is 5.06. The monoisotopic (exact) mass is 394 g/mol. The number of nitrogens with one attached hydrogen (secondary N) is 2. The lowest BCUT2D eigenvalue weighted by molar-refractivity contribution is 0.125. The van der Waals surface area contributed by atoms with Crippen molar-refractivity contribution < 1.29 is 9.53 Å². The first kappa shape index (κ1) is 16.5. The summed E-state index contributed by atoms with van der Waals surface area (Å²) in [5.41, 5.74) is 0.998. The molecule has 1 heterocycles. The van der Waals surface area contributed by atoms with Gasteiger partial charge < -0.3 is 15.4 Å². The Labute approximate surface area is 148 Å². The third-order valence-electron chi connectivity index (χ3n) is 3.87. The molecule has 0 aliphatic heterocycles. The van der Waals surface area contributed by atoms with E-state index in [1.165, 1.54) is 4.88 Å². The lowest BCUT2D eigenvalue weighted by atomic mass is 9.87. The fraction of sp³-hybridized carbons (Fsp3) is 0.353. The van der Waals surface area contributed by atoms with Crippen molar-refractivity contribution >= 4 is 33.4 Å². The summed E-state index contributed by atoms with van der Waals surface area (Å²) in [6.07, 6.45) is 1.57. The van der Waals surface area contributed by atoms with Crippen LogP contribution in [0.2, 0.25) is 0 Å². The van der Waals surface area contributed by atoms with Gasteiger partial charge in [0.15, 0.2) is 0 Å². The molecule has 6 heteroatoms. The number of halogens is 1. The maximum atomic E-state index is 11.8. The van der Waals surface area contributed by atoms with Crippen molar-refractivity contribution in [2.24, 2.45) is 0 Å². The Balaban J connectivity index is 1.30. The molecule has 1 aliphatic carbocycles. The molecule has 0 spiro atoms. The molecular formula is C17H19BrN2O2S. The summed E-state index contributed by atoms with van der Waals surface area (Å²) in [6, 6.07) is 14.6. The zero-order valence-corrected chi connectivity index (χ0v) is 15.0. The van der Waals surface area contributed by atoms with Gasteiger partial charge in [0, 0.05) is 23.5 Å². The Kier molecular flexibility index (Phi) is 5.70. The number of carbonyl (C=O) groups excluding carboxylic acids is 1. The van der Waals surface area contributed by atoms with Crippen LogP contribution in [0, 0.1) is 0 Å². The van der Waals surface area contributed by atoms with Crippen molar-refractivity contribution in [3.8, 4) is 0 Å². The number of ether oxygens (including phenoxy) is 1. The summed E-state index contributed by atoms with van der Waals surface area (Å²) >= 11 is 5.21. The van der Waals surface area contributed by atoms with Gasteiger partial charge in [-0.1, -0.05) is 30.3 Å². The van der Waals surface area contributed by atoms with Gasteiger partial charge in [0.2, 0.25) is 0 Å². The number of carbonyl (C=O) groups is 1. The molecule has 23 heavy (non-hydrogen) atoms. The SMILES string of the molecule is O=C(NC1CC(NCc2ccc(Br)s2)C1)OCc1ccccc1. The van der Waals surface area contributed by atoms with Crippen LogP contribution in [-0.4, -0.2) is 18.2 Å². The van der Waals surface area contributed by atoms with Crippen molar-refractivity contribution in [3.05, 3.63) is 56.7 Å². The Bertz CT molecular complexity index is 641. The van der Waals surface area contributed by atoms with Gasteiger partial charge in [-0.2, -0.15) is 0 Å². The molecule has 0 radical (unpaired) electrons. The van der Waals surface area contributed by atoms with E-state index in [0.717, 1.165) is 28.7 Å². The number of hydrogen-bond acceptors (Lipinski definition) is 4. The minimum Gasteiger partial charge on any atom is -0.445 e. The molecule has 2 N–H and O–H groups in total. The smallest absolute Gasteiger partial charge is 0.407 e. The molecule has 1 aromatic heterocycles. The summed E-state index contributed by atoms with van der Waals surface area (Å²) in [5.74, 6) is 0. The number of rotatable bonds is 6. The molecule has 122 valence electrons. The van der Waals surface area contributed by atoms with Crippen molar-refractivity contribution in [3.63, 3.8) is 0 Å². The van der Waals surface area contributed by atoms with Crippen LogP contribution < -0.4 is 10.6 Å². The van der Waals surface area contributed by atoms with E-state index in [1.54, 1.807) is 11.3 Å². The second kappa shape index (κ2) is 7.95. The molecule has 1 amide bonds. The van der Waals surface area contributed by atoms with E-state index in [0.29, 0.717) is 12.6 Å². The normalized spacial score (nSPS) is 19.9. The van der Waals surface area contributed by atoms with Crippen LogP contribution in [0.15, 0.2) is 46.3 Å². The molecule has 0 bridgehead atoms. The van der Waals surface area contributed by atoms with E-state index in [1.807, 2.05) is 30.3 Å². The third-order valence-corrected chi connectivity index (χ3v) is 5.49. The van der Waals surface area contributed by atoms with Crippen LogP contribution in [0.3, 0.4) is 0 Å². The molecule has 0 unspecified atom stereocenters. The number of hydrogen-bond donors (Lipinski definition) is 2. The fourth-order valence-electron chi connectivity index (χ4n) is 2.53. The molecule has 1 aliphatic rings. The summed E-state index contributed by atoms with van der Waals surface area (Å²) in [5, 5.41) is 6.42. The van der Waals surface area contributed by atoms with Crippen LogP contribution in [0.1, 0.15) is 23.3 Å². The fourth-order valence-corrected chi connectivity index (χ4v) is 3.96. The highest BCUT2D eigenvalue weighted by molar-refractivity contribution is 9.11. The topological polar surface area (TPSA) is 50.4 Å². The molecule has 1 fully saturated rings. The Morgan fingerprint density at radius 3 is 2.65 bits per heavy atom. The van der Waals surface area contributed by atoms with Crippen LogP contribution >= 0.6 is 27.3 Å². The summed E-state index contributed by atoms with van der Waals surface area (Å²) in [7, 11) is 0. The van der Waals surface area contributed by atoms with Gasteiger partial charge in [-0.15, -0.1) is 11.3 Å². The maximum Gasteiger partial charge on any atom is 0.407 e. The van der Waals surface area contributed by atoms with Gasteiger partial charge in [-0.05, 0) is 46.5 Å². The molecule has 2 aromatic rings. The highest BCUT2D eigenvalue weighted by Gasteiger charge is 2.30. The molecule has 3 rings (SSSR count).